The van der Waals surface area contributed by atoms with Crippen LogP contribution in [0.15, 0.2) is 4.99 Å². The van der Waals surface area contributed by atoms with Gasteiger partial charge in [0, 0.05) is 39.3 Å². The van der Waals surface area contributed by atoms with E-state index in [2.05, 4.69) is 20.5 Å². The van der Waals surface area contributed by atoms with Gasteiger partial charge in [-0.05, 0) is 12.8 Å². The van der Waals surface area contributed by atoms with Crippen molar-refractivity contribution in [2.75, 3.05) is 60.0 Å². The van der Waals surface area contributed by atoms with Crippen molar-refractivity contribution in [1.82, 2.24) is 20.4 Å². The van der Waals surface area contributed by atoms with Crippen LogP contribution in [0, 0.1) is 0 Å². The van der Waals surface area contributed by atoms with E-state index in [1.807, 2.05) is 0 Å². The molecular weight excluding hydrogens is 375 g/mol. The van der Waals surface area contributed by atoms with Crippen LogP contribution >= 0.6 is 0 Å². The molecule has 0 bridgehead atoms. The van der Waals surface area contributed by atoms with Crippen LogP contribution in [0.2, 0.25) is 0 Å². The largest absolute Gasteiger partial charge is 0.406 e. The van der Waals surface area contributed by atoms with Crippen molar-refractivity contribution in [3.05, 3.63) is 0 Å². The Morgan fingerprint density at radius 1 is 1.18 bits per heavy atom. The summed E-state index contributed by atoms with van der Waals surface area (Å²) in [4.78, 5) is 19.2. The number of hydrogen-bond donors (Lipinski definition) is 2. The van der Waals surface area contributed by atoms with Crippen LogP contribution in [-0.4, -0.2) is 93.4 Å². The van der Waals surface area contributed by atoms with Crippen molar-refractivity contribution in [2.24, 2.45) is 4.99 Å². The summed E-state index contributed by atoms with van der Waals surface area (Å²) in [7, 11) is 2.73. The van der Waals surface area contributed by atoms with Crippen molar-refractivity contribution in [3.8, 4) is 0 Å². The molecule has 1 aliphatic carbocycles. The lowest BCUT2D eigenvalue weighted by Gasteiger charge is -2.48. The van der Waals surface area contributed by atoms with Gasteiger partial charge in [0.15, 0.2) is 5.96 Å². The normalized spacial score (nSPS) is 21.2. The summed E-state index contributed by atoms with van der Waals surface area (Å²) in [6, 6.07) is 0. The van der Waals surface area contributed by atoms with Crippen molar-refractivity contribution in [1.29, 1.82) is 0 Å². The lowest BCUT2D eigenvalue weighted by molar-refractivity contribution is -0.157. The second-order valence-corrected chi connectivity index (χ2v) is 7.53. The topological polar surface area (TPSA) is 69.2 Å². The van der Waals surface area contributed by atoms with Gasteiger partial charge < -0.3 is 20.3 Å². The van der Waals surface area contributed by atoms with Crippen LogP contribution in [0.4, 0.5) is 13.2 Å². The summed E-state index contributed by atoms with van der Waals surface area (Å²) in [6.45, 7) is 2.43. The number of ether oxygens (including phenoxy) is 1. The second-order valence-electron chi connectivity index (χ2n) is 7.53. The molecule has 0 aromatic heterocycles. The first-order chi connectivity index (χ1) is 13.3. The Balaban J connectivity index is 1.87. The molecule has 2 rings (SSSR count). The van der Waals surface area contributed by atoms with Crippen molar-refractivity contribution < 1.29 is 22.7 Å². The Kier molecular flexibility index (Phi) is 8.36. The maximum absolute atomic E-state index is 12.4. The molecule has 0 spiro atoms. The van der Waals surface area contributed by atoms with Crippen LogP contribution in [0.5, 0.6) is 0 Å². The summed E-state index contributed by atoms with van der Waals surface area (Å²) in [5, 5.41) is 6.12. The molecule has 162 valence electrons. The zero-order chi connectivity index (χ0) is 20.6. The molecule has 10 heteroatoms. The smallest absolute Gasteiger partial charge is 0.379 e. The Hall–Kier alpha value is -1.55. The molecule has 0 aromatic carbocycles. The highest BCUT2D eigenvalue weighted by atomic mass is 19.4. The van der Waals surface area contributed by atoms with E-state index in [4.69, 9.17) is 4.74 Å². The van der Waals surface area contributed by atoms with Crippen LogP contribution in [0.25, 0.3) is 0 Å². The first-order valence-electron chi connectivity index (χ1n) is 9.84. The van der Waals surface area contributed by atoms with Gasteiger partial charge in [-0.3, -0.25) is 14.7 Å². The maximum atomic E-state index is 12.4. The molecule has 2 aliphatic rings. The first-order valence-corrected chi connectivity index (χ1v) is 9.84. The monoisotopic (exact) mass is 407 g/mol. The fraction of sp³-hybridized carbons (Fsp3) is 0.889. The minimum Gasteiger partial charge on any atom is -0.379 e. The summed E-state index contributed by atoms with van der Waals surface area (Å²) in [5.74, 6) is -0.215. The fourth-order valence-corrected chi connectivity index (χ4v) is 3.97. The molecule has 1 saturated heterocycles. The van der Waals surface area contributed by atoms with E-state index in [9.17, 15) is 18.0 Å². The summed E-state index contributed by atoms with van der Waals surface area (Å²) in [6.07, 6.45) is 1.35. The van der Waals surface area contributed by atoms with Crippen LogP contribution in [0.1, 0.15) is 32.1 Å². The van der Waals surface area contributed by atoms with E-state index in [-0.39, 0.29) is 12.1 Å². The molecule has 0 atom stereocenters. The molecule has 0 radical (unpaired) electrons. The number of nitrogens with zero attached hydrogens (tertiary/aromatic N) is 3. The van der Waals surface area contributed by atoms with E-state index in [0.717, 1.165) is 46.2 Å². The Morgan fingerprint density at radius 2 is 1.82 bits per heavy atom. The minimum atomic E-state index is -4.41. The van der Waals surface area contributed by atoms with Gasteiger partial charge in [0.25, 0.3) is 0 Å². The number of halogens is 3. The van der Waals surface area contributed by atoms with E-state index in [1.165, 1.54) is 19.3 Å². The second kappa shape index (κ2) is 10.3. The van der Waals surface area contributed by atoms with Gasteiger partial charge in [-0.1, -0.05) is 19.3 Å². The lowest BCUT2D eigenvalue weighted by Crippen LogP contribution is -2.60. The van der Waals surface area contributed by atoms with Gasteiger partial charge in [-0.15, -0.1) is 0 Å². The molecule has 28 heavy (non-hydrogen) atoms. The molecule has 2 fully saturated rings. The average molecular weight is 407 g/mol. The number of morpholine rings is 1. The molecule has 0 unspecified atom stereocenters. The zero-order valence-electron chi connectivity index (χ0n) is 16.8. The van der Waals surface area contributed by atoms with Crippen LogP contribution in [-0.2, 0) is 9.53 Å². The molecule has 7 nitrogen and oxygen atoms in total. The number of nitrogens with one attached hydrogen (secondary N) is 2. The maximum Gasteiger partial charge on any atom is 0.406 e. The van der Waals surface area contributed by atoms with Gasteiger partial charge in [0.1, 0.15) is 6.54 Å². The van der Waals surface area contributed by atoms with Crippen molar-refractivity contribution in [2.45, 2.75) is 43.8 Å². The quantitative estimate of drug-likeness (QED) is 0.512. The number of hydrogen-bond acceptors (Lipinski definition) is 4. The number of carbonyl (C=O) groups is 1. The van der Waals surface area contributed by atoms with E-state index in [0.29, 0.717) is 17.4 Å². The number of alkyl halides is 3. The third-order valence-corrected chi connectivity index (χ3v) is 5.52. The Morgan fingerprint density at radius 3 is 2.39 bits per heavy atom. The first kappa shape index (κ1) is 22.7. The van der Waals surface area contributed by atoms with Gasteiger partial charge in [-0.2, -0.15) is 13.2 Å². The summed E-state index contributed by atoms with van der Waals surface area (Å²) >= 11 is 0. The third kappa shape index (κ3) is 6.80. The molecule has 2 N–H and O–H groups in total. The van der Waals surface area contributed by atoms with E-state index >= 15 is 0 Å². The average Bonchev–Trinajstić information content (AvgIpc) is 2.68. The predicted molar refractivity (Wildman–Crippen MR) is 101 cm³/mol. The minimum absolute atomic E-state index is 0.0245. The van der Waals surface area contributed by atoms with Crippen molar-refractivity contribution >= 4 is 11.9 Å². The molecule has 1 aliphatic heterocycles. The number of rotatable bonds is 6. The highest BCUT2D eigenvalue weighted by Gasteiger charge is 2.38. The van der Waals surface area contributed by atoms with Crippen LogP contribution < -0.4 is 10.6 Å². The highest BCUT2D eigenvalue weighted by Crippen LogP contribution is 2.33. The SMILES string of the molecule is CN=C(NCC(=O)N(C)CC(F)(F)F)NCC1(N2CCOCC2)CCCCC1. The van der Waals surface area contributed by atoms with Gasteiger partial charge in [0.2, 0.25) is 5.91 Å². The number of aliphatic imine (C=N–C) groups is 1. The number of amides is 1. The fourth-order valence-electron chi connectivity index (χ4n) is 3.97. The predicted octanol–water partition coefficient (Wildman–Crippen LogP) is 1.21. The highest BCUT2D eigenvalue weighted by molar-refractivity contribution is 5.86. The number of carbonyl (C=O) groups excluding carboxylic acids is 1. The van der Waals surface area contributed by atoms with E-state index < -0.39 is 18.6 Å². The lowest BCUT2D eigenvalue weighted by atomic mass is 9.80. The number of guanidine groups is 1. The number of likely N-dealkylation sites (N-methyl/N-ethyl adjacent to an activating group) is 1. The molecule has 1 amide bonds. The Labute approximate surface area is 164 Å². The molecule has 1 saturated carbocycles. The Bertz CT molecular complexity index is 530. The zero-order valence-corrected chi connectivity index (χ0v) is 16.8. The van der Waals surface area contributed by atoms with E-state index in [1.54, 1.807) is 7.05 Å². The summed E-state index contributed by atoms with van der Waals surface area (Å²) < 4.78 is 42.7. The third-order valence-electron chi connectivity index (χ3n) is 5.52. The van der Waals surface area contributed by atoms with Gasteiger partial charge in [0.05, 0.1) is 19.8 Å². The molecular formula is C18H32F3N5O2. The summed E-state index contributed by atoms with van der Waals surface area (Å²) in [5.41, 5.74) is 0.0245. The van der Waals surface area contributed by atoms with Gasteiger partial charge >= 0.3 is 6.18 Å². The van der Waals surface area contributed by atoms with Gasteiger partial charge in [-0.25, -0.2) is 0 Å². The molecule has 1 heterocycles. The van der Waals surface area contributed by atoms with Crippen molar-refractivity contribution in [3.63, 3.8) is 0 Å². The molecule has 0 aromatic rings. The van der Waals surface area contributed by atoms with Crippen LogP contribution in [0.3, 0.4) is 0 Å². The standard InChI is InChI=1S/C18H32F3N5O2/c1-22-16(23-12-15(27)25(2)14-18(19,20)21)24-13-17(6-4-3-5-7-17)26-8-10-28-11-9-26/h3-14H2,1-2H3,(H2,22,23,24).